The molecule has 2 heterocycles. The zero-order valence-electron chi connectivity index (χ0n) is 14.2. The lowest BCUT2D eigenvalue weighted by molar-refractivity contribution is 0.686. The lowest BCUT2D eigenvalue weighted by Gasteiger charge is -2.14. The van der Waals surface area contributed by atoms with E-state index >= 15 is 0 Å². The molecule has 1 unspecified atom stereocenters. The summed E-state index contributed by atoms with van der Waals surface area (Å²) in [5.74, 6) is 0.438. The number of fused-ring (bicyclic) bond motifs is 4. The Labute approximate surface area is 154 Å². The largest absolute Gasteiger partial charge is 0.353 e. The Morgan fingerprint density at radius 1 is 0.923 bits per heavy atom. The van der Waals surface area contributed by atoms with Gasteiger partial charge in [-0.1, -0.05) is 54.6 Å². The number of hydrogen-bond acceptors (Lipinski definition) is 2. The third kappa shape index (κ3) is 2.49. The molecule has 0 saturated heterocycles. The fourth-order valence-corrected chi connectivity index (χ4v) is 5.10. The monoisotopic (exact) mass is 358 g/mol. The average Bonchev–Trinajstić information content (AvgIpc) is 3.07. The first kappa shape index (κ1) is 15.5. The molecule has 0 spiro atoms. The molecule has 0 bridgehead atoms. The number of aromatic amines is 1. The molecule has 0 radical (unpaired) electrons. The second kappa shape index (κ2) is 6.22. The quantitative estimate of drug-likeness (QED) is 0.577. The molecule has 1 N–H and O–H groups in total. The summed E-state index contributed by atoms with van der Waals surface area (Å²) in [4.78, 5) is 9.08. The third-order valence-corrected chi connectivity index (χ3v) is 6.41. The molecule has 128 valence electrons. The van der Waals surface area contributed by atoms with Crippen LogP contribution in [0.2, 0.25) is 0 Å². The second-order valence-electron chi connectivity index (χ2n) is 6.57. The van der Waals surface area contributed by atoms with Crippen molar-refractivity contribution in [2.75, 3.05) is 12.3 Å². The number of nitrogens with zero attached hydrogens (tertiary/aromatic N) is 1. The van der Waals surface area contributed by atoms with Gasteiger partial charge in [0.2, 0.25) is 0 Å². The van der Waals surface area contributed by atoms with Crippen LogP contribution in [0.15, 0.2) is 76.6 Å². The number of hydrogen-bond donors (Lipinski definition) is 1. The molecule has 1 atom stereocenters. The van der Waals surface area contributed by atoms with E-state index in [0.717, 1.165) is 45.6 Å². The minimum Gasteiger partial charge on any atom is -0.353 e. The summed E-state index contributed by atoms with van der Waals surface area (Å²) >= 11 is 0. The molecule has 4 heteroatoms. The molecule has 0 amide bonds. The first-order valence-electron chi connectivity index (χ1n) is 8.81. The zero-order valence-corrected chi connectivity index (χ0v) is 15.1. The Kier molecular flexibility index (Phi) is 3.71. The number of nitrogens with one attached hydrogen (secondary N) is 1. The Hall–Kier alpha value is -2.72. The van der Waals surface area contributed by atoms with Crippen molar-refractivity contribution < 1.29 is 4.21 Å². The molecule has 5 rings (SSSR count). The molecule has 0 aliphatic carbocycles. The van der Waals surface area contributed by atoms with Crippen LogP contribution in [-0.4, -0.2) is 27.2 Å². The van der Waals surface area contributed by atoms with E-state index in [1.807, 2.05) is 36.4 Å². The SMILES string of the molecule is O=S(CC1=NCCc2c1[nH]c1ccccc21)c1cccc2ccccc12. The van der Waals surface area contributed by atoms with E-state index in [-0.39, 0.29) is 0 Å². The molecular weight excluding hydrogens is 340 g/mol. The third-order valence-electron chi connectivity index (χ3n) is 5.03. The zero-order chi connectivity index (χ0) is 17.5. The van der Waals surface area contributed by atoms with Gasteiger partial charge in [-0.15, -0.1) is 0 Å². The number of rotatable bonds is 3. The first-order chi connectivity index (χ1) is 12.8. The highest BCUT2D eigenvalue weighted by molar-refractivity contribution is 7.86. The number of aromatic nitrogens is 1. The van der Waals surface area contributed by atoms with Gasteiger partial charge in [0, 0.05) is 22.3 Å². The average molecular weight is 358 g/mol. The molecule has 1 aromatic heterocycles. The van der Waals surface area contributed by atoms with Gasteiger partial charge in [0.15, 0.2) is 0 Å². The standard InChI is InChI=1S/C22H18N2OS/c25-26(21-11-5-7-15-6-1-2-8-16(15)21)14-20-22-18(12-13-23-20)17-9-3-4-10-19(17)24-22/h1-11,24H,12-14H2. The van der Waals surface area contributed by atoms with Gasteiger partial charge in [-0.2, -0.15) is 0 Å². The molecule has 0 saturated carbocycles. The Balaban J connectivity index is 1.54. The summed E-state index contributed by atoms with van der Waals surface area (Å²) in [6.45, 7) is 0.761. The smallest absolute Gasteiger partial charge is 0.0722 e. The molecule has 3 aromatic carbocycles. The van der Waals surface area contributed by atoms with Crippen molar-refractivity contribution in [3.05, 3.63) is 78.0 Å². The summed E-state index contributed by atoms with van der Waals surface area (Å²) in [5.41, 5.74) is 4.42. The van der Waals surface area contributed by atoms with Gasteiger partial charge in [0.05, 0.1) is 28.0 Å². The molecule has 3 nitrogen and oxygen atoms in total. The Bertz CT molecular complexity index is 1180. The summed E-state index contributed by atoms with van der Waals surface area (Å²) < 4.78 is 13.2. The summed E-state index contributed by atoms with van der Waals surface area (Å²) in [6, 6.07) is 22.5. The summed E-state index contributed by atoms with van der Waals surface area (Å²) in [7, 11) is -1.14. The molecule has 1 aliphatic heterocycles. The van der Waals surface area contributed by atoms with E-state index in [2.05, 4.69) is 35.3 Å². The van der Waals surface area contributed by atoms with Crippen molar-refractivity contribution in [1.82, 2.24) is 4.98 Å². The fourth-order valence-electron chi connectivity index (χ4n) is 3.80. The van der Waals surface area contributed by atoms with Crippen molar-refractivity contribution in [1.29, 1.82) is 0 Å². The number of aliphatic imine (C=N–C) groups is 1. The van der Waals surface area contributed by atoms with E-state index < -0.39 is 10.8 Å². The van der Waals surface area contributed by atoms with Crippen LogP contribution in [0.4, 0.5) is 0 Å². The van der Waals surface area contributed by atoms with Crippen molar-refractivity contribution in [3.8, 4) is 0 Å². The van der Waals surface area contributed by atoms with Crippen LogP contribution in [-0.2, 0) is 17.2 Å². The van der Waals surface area contributed by atoms with Crippen LogP contribution in [0.3, 0.4) is 0 Å². The predicted octanol–water partition coefficient (Wildman–Crippen LogP) is 4.47. The lowest BCUT2D eigenvalue weighted by atomic mass is 10.0. The molecular formula is C22H18N2OS. The van der Waals surface area contributed by atoms with Gasteiger partial charge >= 0.3 is 0 Å². The van der Waals surface area contributed by atoms with Gasteiger partial charge in [0.25, 0.3) is 0 Å². The number of benzene rings is 3. The summed E-state index contributed by atoms with van der Waals surface area (Å²) in [5, 5.41) is 3.43. The summed E-state index contributed by atoms with van der Waals surface area (Å²) in [6.07, 6.45) is 0.934. The first-order valence-corrected chi connectivity index (χ1v) is 10.1. The highest BCUT2D eigenvalue weighted by Crippen LogP contribution is 2.27. The lowest BCUT2D eigenvalue weighted by Crippen LogP contribution is -2.19. The molecule has 1 aliphatic rings. The minimum atomic E-state index is -1.14. The van der Waals surface area contributed by atoms with Gasteiger partial charge in [0.1, 0.15) is 0 Å². The molecule has 0 fully saturated rings. The van der Waals surface area contributed by atoms with Crippen LogP contribution in [0, 0.1) is 0 Å². The highest BCUT2D eigenvalue weighted by atomic mass is 32.2. The van der Waals surface area contributed by atoms with E-state index in [0.29, 0.717) is 5.75 Å². The normalized spacial score (nSPS) is 15.0. The van der Waals surface area contributed by atoms with Crippen molar-refractivity contribution >= 4 is 38.2 Å². The van der Waals surface area contributed by atoms with Crippen molar-refractivity contribution in [3.63, 3.8) is 0 Å². The number of para-hydroxylation sites is 1. The van der Waals surface area contributed by atoms with Gasteiger partial charge in [-0.05, 0) is 34.9 Å². The van der Waals surface area contributed by atoms with Crippen molar-refractivity contribution in [2.45, 2.75) is 11.3 Å². The molecule has 4 aromatic rings. The number of H-pyrrole nitrogens is 1. The maximum Gasteiger partial charge on any atom is 0.0722 e. The van der Waals surface area contributed by atoms with Crippen LogP contribution in [0.1, 0.15) is 11.3 Å². The van der Waals surface area contributed by atoms with Gasteiger partial charge < -0.3 is 4.98 Å². The van der Waals surface area contributed by atoms with Crippen LogP contribution < -0.4 is 0 Å². The second-order valence-corrected chi connectivity index (χ2v) is 7.99. The van der Waals surface area contributed by atoms with E-state index in [9.17, 15) is 4.21 Å². The Morgan fingerprint density at radius 3 is 2.62 bits per heavy atom. The fraction of sp³-hybridized carbons (Fsp3) is 0.136. The minimum absolute atomic E-state index is 0.438. The van der Waals surface area contributed by atoms with E-state index in [1.54, 1.807) is 0 Å². The highest BCUT2D eigenvalue weighted by Gasteiger charge is 2.21. The Morgan fingerprint density at radius 2 is 1.69 bits per heavy atom. The van der Waals surface area contributed by atoms with E-state index in [1.165, 1.54) is 10.9 Å². The van der Waals surface area contributed by atoms with E-state index in [4.69, 9.17) is 4.99 Å². The van der Waals surface area contributed by atoms with Crippen molar-refractivity contribution in [2.24, 2.45) is 4.99 Å². The van der Waals surface area contributed by atoms with Crippen LogP contribution in [0.25, 0.3) is 21.7 Å². The maximum absolute atomic E-state index is 13.2. The van der Waals surface area contributed by atoms with Crippen LogP contribution >= 0.6 is 0 Å². The van der Waals surface area contributed by atoms with Crippen LogP contribution in [0.5, 0.6) is 0 Å². The topological polar surface area (TPSA) is 45.2 Å². The van der Waals surface area contributed by atoms with Gasteiger partial charge in [-0.3, -0.25) is 9.20 Å². The predicted molar refractivity (Wildman–Crippen MR) is 109 cm³/mol. The molecule has 26 heavy (non-hydrogen) atoms. The van der Waals surface area contributed by atoms with Gasteiger partial charge in [-0.25, -0.2) is 0 Å². The maximum atomic E-state index is 13.2.